The second-order valence-electron chi connectivity index (χ2n) is 2.59. The first-order valence-corrected chi connectivity index (χ1v) is 3.64. The molecule has 0 aliphatic heterocycles. The van der Waals surface area contributed by atoms with Gasteiger partial charge in [-0.05, 0) is 19.1 Å². The molecule has 12 heavy (non-hydrogen) atoms. The molecule has 0 radical (unpaired) electrons. The highest BCUT2D eigenvalue weighted by Crippen LogP contribution is 2.07. The summed E-state index contributed by atoms with van der Waals surface area (Å²) in [5.74, 6) is 0. The van der Waals surface area contributed by atoms with Crippen molar-refractivity contribution in [2.75, 3.05) is 0 Å². The number of rotatable bonds is 0. The van der Waals surface area contributed by atoms with E-state index in [-0.39, 0.29) is 5.43 Å². The molecule has 0 amide bonds. The molecule has 2 aromatic rings. The van der Waals surface area contributed by atoms with Crippen LogP contribution in [0.3, 0.4) is 0 Å². The molecule has 0 saturated carbocycles. The predicted octanol–water partition coefficient (Wildman–Crippen LogP) is 1.50. The molecule has 0 spiro atoms. The van der Waals surface area contributed by atoms with Crippen LogP contribution in [0.2, 0.25) is 0 Å². The maximum absolute atomic E-state index is 11.4. The van der Waals surface area contributed by atoms with E-state index in [4.69, 9.17) is 4.52 Å². The highest BCUT2D eigenvalue weighted by Gasteiger charge is 2.02. The van der Waals surface area contributed by atoms with E-state index in [9.17, 15) is 4.79 Å². The van der Waals surface area contributed by atoms with Crippen molar-refractivity contribution in [3.05, 3.63) is 40.2 Å². The largest absolute Gasteiger partial charge is 0.356 e. The number of hydrogen-bond donors (Lipinski definition) is 0. The number of aromatic nitrogens is 1. The zero-order valence-corrected chi connectivity index (χ0v) is 6.57. The third-order valence-electron chi connectivity index (χ3n) is 1.74. The van der Waals surface area contributed by atoms with Crippen molar-refractivity contribution < 1.29 is 4.52 Å². The third-order valence-corrected chi connectivity index (χ3v) is 1.74. The molecule has 3 nitrogen and oxygen atoms in total. The monoisotopic (exact) mass is 161 g/mol. The van der Waals surface area contributed by atoms with E-state index < -0.39 is 0 Å². The summed E-state index contributed by atoms with van der Waals surface area (Å²) in [6, 6.07) is 7.07. The minimum atomic E-state index is -0.0585. The van der Waals surface area contributed by atoms with Crippen molar-refractivity contribution in [1.29, 1.82) is 0 Å². The van der Waals surface area contributed by atoms with Gasteiger partial charge in [-0.25, -0.2) is 0 Å². The predicted molar refractivity (Wildman–Crippen MR) is 45.0 cm³/mol. The third kappa shape index (κ3) is 0.906. The van der Waals surface area contributed by atoms with E-state index in [2.05, 4.69) is 5.16 Å². The van der Waals surface area contributed by atoms with Gasteiger partial charge < -0.3 is 4.52 Å². The topological polar surface area (TPSA) is 43.1 Å². The number of benzene rings is 1. The maximum Gasteiger partial charge on any atom is 0.214 e. The Hall–Kier alpha value is -1.64. The summed E-state index contributed by atoms with van der Waals surface area (Å²) in [7, 11) is 0. The van der Waals surface area contributed by atoms with Crippen LogP contribution in [0, 0.1) is 6.92 Å². The normalized spacial score (nSPS) is 10.4. The van der Waals surface area contributed by atoms with Crippen molar-refractivity contribution in [3.8, 4) is 0 Å². The SMILES string of the molecule is Cc1noc2ccccc2c1=O. The Morgan fingerprint density at radius 3 is 2.92 bits per heavy atom. The molecule has 0 bridgehead atoms. The number of fused-ring (bicyclic) bond motifs is 1. The summed E-state index contributed by atoms with van der Waals surface area (Å²) in [4.78, 5) is 11.4. The van der Waals surface area contributed by atoms with Gasteiger partial charge in [0, 0.05) is 0 Å². The Morgan fingerprint density at radius 2 is 2.08 bits per heavy atom. The smallest absolute Gasteiger partial charge is 0.214 e. The van der Waals surface area contributed by atoms with Crippen LogP contribution in [0.4, 0.5) is 0 Å². The summed E-state index contributed by atoms with van der Waals surface area (Å²) >= 11 is 0. The number of hydrogen-bond acceptors (Lipinski definition) is 3. The molecule has 0 aliphatic carbocycles. The van der Waals surface area contributed by atoms with Crippen LogP contribution in [0.1, 0.15) is 5.69 Å². The molecular formula is C9H7NO2. The van der Waals surface area contributed by atoms with Gasteiger partial charge in [-0.1, -0.05) is 17.3 Å². The van der Waals surface area contributed by atoms with E-state index >= 15 is 0 Å². The minimum absolute atomic E-state index is 0.0585. The van der Waals surface area contributed by atoms with Gasteiger partial charge in [0.05, 0.1) is 5.39 Å². The lowest BCUT2D eigenvalue weighted by Crippen LogP contribution is -2.06. The Balaban J connectivity index is 3.01. The summed E-state index contributed by atoms with van der Waals surface area (Å²) in [5.41, 5.74) is 0.874. The Bertz CT molecular complexity index is 473. The first kappa shape index (κ1) is 7.03. The fourth-order valence-corrected chi connectivity index (χ4v) is 1.09. The van der Waals surface area contributed by atoms with Crippen molar-refractivity contribution in [1.82, 2.24) is 5.16 Å². The fraction of sp³-hybridized carbons (Fsp3) is 0.111. The molecule has 0 atom stereocenters. The van der Waals surface area contributed by atoms with Crippen LogP contribution in [0.5, 0.6) is 0 Å². The first-order valence-electron chi connectivity index (χ1n) is 3.64. The van der Waals surface area contributed by atoms with Crippen LogP contribution < -0.4 is 5.43 Å². The first-order chi connectivity index (χ1) is 5.79. The maximum atomic E-state index is 11.4. The van der Waals surface area contributed by atoms with Gasteiger partial charge in [0.25, 0.3) is 0 Å². The Labute approximate surface area is 68.6 Å². The fourth-order valence-electron chi connectivity index (χ4n) is 1.09. The Morgan fingerprint density at radius 1 is 1.33 bits per heavy atom. The molecule has 0 unspecified atom stereocenters. The summed E-state index contributed by atoms with van der Waals surface area (Å²) < 4.78 is 4.97. The highest BCUT2D eigenvalue weighted by molar-refractivity contribution is 5.75. The van der Waals surface area contributed by atoms with Crippen LogP contribution >= 0.6 is 0 Å². The molecule has 3 heteroatoms. The molecule has 2 rings (SSSR count). The van der Waals surface area contributed by atoms with Gasteiger partial charge in [0.2, 0.25) is 5.43 Å². The van der Waals surface area contributed by atoms with Crippen molar-refractivity contribution in [3.63, 3.8) is 0 Å². The molecule has 0 saturated heterocycles. The van der Waals surface area contributed by atoms with Gasteiger partial charge in [0.15, 0.2) is 5.58 Å². The molecule has 0 N–H and O–H groups in total. The van der Waals surface area contributed by atoms with Crippen molar-refractivity contribution in [2.24, 2.45) is 0 Å². The van der Waals surface area contributed by atoms with Gasteiger partial charge in [-0.15, -0.1) is 0 Å². The van der Waals surface area contributed by atoms with E-state index in [1.807, 2.05) is 6.07 Å². The van der Waals surface area contributed by atoms with E-state index in [0.29, 0.717) is 16.7 Å². The molecule has 0 fully saturated rings. The van der Waals surface area contributed by atoms with Crippen LogP contribution in [0.25, 0.3) is 11.0 Å². The number of aryl methyl sites for hydroxylation is 1. The Kier molecular flexibility index (Phi) is 1.43. The van der Waals surface area contributed by atoms with Crippen LogP contribution in [-0.2, 0) is 0 Å². The summed E-state index contributed by atoms with van der Waals surface area (Å²) in [5, 5.41) is 4.21. The van der Waals surface area contributed by atoms with E-state index in [0.717, 1.165) is 0 Å². The number of nitrogens with zero attached hydrogens (tertiary/aromatic N) is 1. The van der Waals surface area contributed by atoms with Gasteiger partial charge in [-0.2, -0.15) is 0 Å². The van der Waals surface area contributed by atoms with Crippen LogP contribution in [-0.4, -0.2) is 5.16 Å². The van der Waals surface area contributed by atoms with Gasteiger partial charge in [0.1, 0.15) is 5.69 Å². The minimum Gasteiger partial charge on any atom is -0.356 e. The van der Waals surface area contributed by atoms with Crippen LogP contribution in [0.15, 0.2) is 33.6 Å². The lowest BCUT2D eigenvalue weighted by molar-refractivity contribution is 0.432. The number of para-hydroxylation sites is 1. The molecule has 0 aliphatic rings. The molecule has 1 heterocycles. The average molecular weight is 161 g/mol. The summed E-state index contributed by atoms with van der Waals surface area (Å²) in [6.07, 6.45) is 0. The molecule has 1 aromatic carbocycles. The van der Waals surface area contributed by atoms with E-state index in [1.165, 1.54) is 0 Å². The molecule has 60 valence electrons. The van der Waals surface area contributed by atoms with E-state index in [1.54, 1.807) is 25.1 Å². The highest BCUT2D eigenvalue weighted by atomic mass is 16.5. The summed E-state index contributed by atoms with van der Waals surface area (Å²) in [6.45, 7) is 1.64. The lowest BCUT2D eigenvalue weighted by Gasteiger charge is -1.93. The average Bonchev–Trinajstić information content (AvgIpc) is 2.12. The second-order valence-corrected chi connectivity index (χ2v) is 2.59. The quantitative estimate of drug-likeness (QED) is 0.588. The van der Waals surface area contributed by atoms with Crippen molar-refractivity contribution in [2.45, 2.75) is 6.92 Å². The standard InChI is InChI=1S/C9H7NO2/c1-6-9(11)7-4-2-3-5-8(7)12-10-6/h2-5H,1H3. The van der Waals surface area contributed by atoms with Crippen molar-refractivity contribution >= 4 is 11.0 Å². The van der Waals surface area contributed by atoms with Gasteiger partial charge >= 0.3 is 0 Å². The zero-order chi connectivity index (χ0) is 8.55. The van der Waals surface area contributed by atoms with Gasteiger partial charge in [-0.3, -0.25) is 4.79 Å². The zero-order valence-electron chi connectivity index (χ0n) is 6.57. The molecule has 1 aromatic heterocycles. The lowest BCUT2D eigenvalue weighted by atomic mass is 10.2. The second kappa shape index (κ2) is 2.44. The molecular weight excluding hydrogens is 154 g/mol.